The molecule has 5 heteroatoms. The van der Waals surface area contributed by atoms with E-state index in [-0.39, 0.29) is 0 Å². The van der Waals surface area contributed by atoms with Gasteiger partial charge in [0, 0.05) is 14.2 Å². The van der Waals surface area contributed by atoms with Gasteiger partial charge in [-0.1, -0.05) is 25.7 Å². The molecule has 0 atom stereocenters. The maximum atomic E-state index is 9.80. The molecule has 0 fully saturated rings. The summed E-state index contributed by atoms with van der Waals surface area (Å²) < 4.78 is 10.8. The predicted octanol–water partition coefficient (Wildman–Crippen LogP) is 2.64. The van der Waals surface area contributed by atoms with E-state index in [1.807, 2.05) is 0 Å². The van der Waals surface area contributed by atoms with Crippen LogP contribution in [0, 0.1) is 0 Å². The van der Waals surface area contributed by atoms with E-state index < -0.39 is 8.56 Å². The van der Waals surface area contributed by atoms with Gasteiger partial charge in [0.25, 0.3) is 0 Å². The average Bonchev–Trinajstić information content (AvgIpc) is 2.32. The SMILES string of the molecule is CO[Si](C)(CCCCCCCN=C=O)OC. The normalized spacial score (nSPS) is 11.2. The number of hydrogen-bond acceptors (Lipinski definition) is 4. The Morgan fingerprint density at radius 3 is 2.19 bits per heavy atom. The third kappa shape index (κ3) is 7.76. The Kier molecular flexibility index (Phi) is 9.43. The zero-order valence-electron chi connectivity index (χ0n) is 10.6. The molecule has 0 saturated heterocycles. The lowest BCUT2D eigenvalue weighted by Crippen LogP contribution is -2.35. The molecule has 0 spiro atoms. The summed E-state index contributed by atoms with van der Waals surface area (Å²) in [5.41, 5.74) is 0. The fraction of sp³-hybridized carbons (Fsp3) is 0.909. The van der Waals surface area contributed by atoms with Crippen LogP contribution in [0.2, 0.25) is 12.6 Å². The lowest BCUT2D eigenvalue weighted by Gasteiger charge is -2.22. The summed E-state index contributed by atoms with van der Waals surface area (Å²) in [4.78, 5) is 13.3. The third-order valence-electron chi connectivity index (χ3n) is 2.83. The zero-order valence-corrected chi connectivity index (χ0v) is 11.6. The highest BCUT2D eigenvalue weighted by atomic mass is 28.4. The first-order valence-corrected chi connectivity index (χ1v) is 8.35. The van der Waals surface area contributed by atoms with Gasteiger partial charge in [0.2, 0.25) is 6.08 Å². The monoisotopic (exact) mass is 245 g/mol. The first kappa shape index (κ1) is 15.5. The Morgan fingerprint density at radius 2 is 1.62 bits per heavy atom. The molecule has 0 bridgehead atoms. The summed E-state index contributed by atoms with van der Waals surface area (Å²) >= 11 is 0. The largest absolute Gasteiger partial charge is 0.398 e. The van der Waals surface area contributed by atoms with Gasteiger partial charge in [0.15, 0.2) is 0 Å². The van der Waals surface area contributed by atoms with E-state index in [0.717, 1.165) is 25.3 Å². The van der Waals surface area contributed by atoms with Crippen LogP contribution in [0.25, 0.3) is 0 Å². The number of rotatable bonds is 10. The smallest absolute Gasteiger partial charge is 0.334 e. The van der Waals surface area contributed by atoms with Crippen LogP contribution < -0.4 is 0 Å². The molecule has 0 radical (unpaired) electrons. The van der Waals surface area contributed by atoms with Crippen molar-refractivity contribution in [3.8, 4) is 0 Å². The van der Waals surface area contributed by atoms with Gasteiger partial charge in [0.05, 0.1) is 6.54 Å². The van der Waals surface area contributed by atoms with Crippen molar-refractivity contribution >= 4 is 14.6 Å². The molecule has 16 heavy (non-hydrogen) atoms. The van der Waals surface area contributed by atoms with Crippen molar-refractivity contribution in [3.63, 3.8) is 0 Å². The second-order valence-electron chi connectivity index (χ2n) is 4.03. The molecule has 0 amide bonds. The van der Waals surface area contributed by atoms with E-state index in [1.165, 1.54) is 12.8 Å². The quantitative estimate of drug-likeness (QED) is 0.257. The second kappa shape index (κ2) is 9.72. The average molecular weight is 245 g/mol. The fourth-order valence-electron chi connectivity index (χ4n) is 1.50. The lowest BCUT2D eigenvalue weighted by atomic mass is 10.1. The number of carbonyl (C=O) groups excluding carboxylic acids is 1. The molecular formula is C11H23NO3Si. The first-order chi connectivity index (χ1) is 7.68. The summed E-state index contributed by atoms with van der Waals surface area (Å²) in [6.07, 6.45) is 7.20. The van der Waals surface area contributed by atoms with Crippen molar-refractivity contribution in [1.82, 2.24) is 0 Å². The number of nitrogens with zero attached hydrogens (tertiary/aromatic N) is 1. The molecule has 0 aromatic carbocycles. The lowest BCUT2D eigenvalue weighted by molar-refractivity contribution is 0.248. The van der Waals surface area contributed by atoms with Gasteiger partial charge in [-0.25, -0.2) is 9.79 Å². The van der Waals surface area contributed by atoms with Crippen LogP contribution in [0.5, 0.6) is 0 Å². The molecule has 0 aliphatic heterocycles. The van der Waals surface area contributed by atoms with E-state index in [0.29, 0.717) is 6.54 Å². The molecule has 4 nitrogen and oxygen atoms in total. The number of aliphatic imine (C=N–C) groups is 1. The molecule has 0 aliphatic carbocycles. The zero-order chi connectivity index (χ0) is 12.3. The van der Waals surface area contributed by atoms with Gasteiger partial charge in [-0.2, -0.15) is 0 Å². The van der Waals surface area contributed by atoms with Crippen LogP contribution >= 0.6 is 0 Å². The highest BCUT2D eigenvalue weighted by Gasteiger charge is 2.27. The highest BCUT2D eigenvalue weighted by molar-refractivity contribution is 6.65. The molecule has 0 rings (SSSR count). The molecule has 0 heterocycles. The molecule has 0 unspecified atom stereocenters. The first-order valence-electron chi connectivity index (χ1n) is 5.82. The van der Waals surface area contributed by atoms with Crippen LogP contribution in [0.15, 0.2) is 4.99 Å². The van der Waals surface area contributed by atoms with Gasteiger partial charge in [-0.3, -0.25) is 0 Å². The Hall–Kier alpha value is -0.483. The van der Waals surface area contributed by atoms with Crippen LogP contribution in [0.4, 0.5) is 0 Å². The highest BCUT2D eigenvalue weighted by Crippen LogP contribution is 2.16. The van der Waals surface area contributed by atoms with Crippen molar-refractivity contribution in [2.24, 2.45) is 4.99 Å². The summed E-state index contributed by atoms with van der Waals surface area (Å²) in [5.74, 6) is 0. The van der Waals surface area contributed by atoms with Crippen molar-refractivity contribution in [2.45, 2.75) is 44.7 Å². The molecular weight excluding hydrogens is 222 g/mol. The topological polar surface area (TPSA) is 47.9 Å². The summed E-state index contributed by atoms with van der Waals surface area (Å²) in [6, 6.07) is 1.05. The van der Waals surface area contributed by atoms with Gasteiger partial charge >= 0.3 is 8.56 Å². The number of unbranched alkanes of at least 4 members (excludes halogenated alkanes) is 4. The number of hydrogen-bond donors (Lipinski definition) is 0. The van der Waals surface area contributed by atoms with Crippen molar-refractivity contribution in [1.29, 1.82) is 0 Å². The van der Waals surface area contributed by atoms with Gasteiger partial charge in [-0.15, -0.1) is 0 Å². The van der Waals surface area contributed by atoms with E-state index in [9.17, 15) is 4.79 Å². The van der Waals surface area contributed by atoms with E-state index >= 15 is 0 Å². The molecule has 0 aliphatic rings. The molecule has 0 saturated carbocycles. The minimum absolute atomic E-state index is 0.617. The Balaban J connectivity index is 3.35. The maximum Gasteiger partial charge on any atom is 0.334 e. The van der Waals surface area contributed by atoms with Gasteiger partial charge < -0.3 is 8.85 Å². The summed E-state index contributed by atoms with van der Waals surface area (Å²) in [7, 11) is 1.61. The Labute approximate surface area is 99.3 Å². The standard InChI is InChI=1S/C11H23NO3Si/c1-14-16(3,15-2)10-8-6-4-5-7-9-12-11-13/h4-10H2,1-3H3. The minimum Gasteiger partial charge on any atom is -0.398 e. The van der Waals surface area contributed by atoms with Gasteiger partial charge in [0.1, 0.15) is 0 Å². The van der Waals surface area contributed by atoms with Crippen LogP contribution in [-0.2, 0) is 13.6 Å². The second-order valence-corrected chi connectivity index (χ2v) is 7.62. The van der Waals surface area contributed by atoms with E-state index in [1.54, 1.807) is 20.3 Å². The minimum atomic E-state index is -1.85. The molecule has 0 aromatic heterocycles. The number of isocyanates is 1. The van der Waals surface area contributed by atoms with Crippen molar-refractivity contribution in [3.05, 3.63) is 0 Å². The van der Waals surface area contributed by atoms with E-state index in [4.69, 9.17) is 8.85 Å². The summed E-state index contributed by atoms with van der Waals surface area (Å²) in [5, 5.41) is 0. The van der Waals surface area contributed by atoms with Gasteiger partial charge in [-0.05, 0) is 19.0 Å². The Morgan fingerprint density at radius 1 is 1.06 bits per heavy atom. The molecule has 94 valence electrons. The molecule has 0 N–H and O–H groups in total. The van der Waals surface area contributed by atoms with Crippen LogP contribution in [0.1, 0.15) is 32.1 Å². The van der Waals surface area contributed by atoms with Crippen LogP contribution in [-0.4, -0.2) is 35.4 Å². The van der Waals surface area contributed by atoms with Crippen molar-refractivity contribution < 1.29 is 13.6 Å². The maximum absolute atomic E-state index is 9.80. The van der Waals surface area contributed by atoms with E-state index in [2.05, 4.69) is 11.5 Å². The third-order valence-corrected chi connectivity index (χ3v) is 5.82. The summed E-state index contributed by atoms with van der Waals surface area (Å²) in [6.45, 7) is 2.71. The molecule has 0 aromatic rings. The fourth-order valence-corrected chi connectivity index (χ4v) is 2.97. The Bertz CT molecular complexity index is 213. The van der Waals surface area contributed by atoms with Crippen molar-refractivity contribution in [2.75, 3.05) is 20.8 Å². The predicted molar refractivity (Wildman–Crippen MR) is 66.5 cm³/mol. The van der Waals surface area contributed by atoms with Crippen LogP contribution in [0.3, 0.4) is 0 Å².